The van der Waals surface area contributed by atoms with E-state index in [0.29, 0.717) is 28.6 Å². The number of ether oxygens (including phenoxy) is 2. The molecule has 0 spiro atoms. The summed E-state index contributed by atoms with van der Waals surface area (Å²) in [6, 6.07) is 22.4. The van der Waals surface area contributed by atoms with Crippen molar-refractivity contribution >= 4 is 23.1 Å². The van der Waals surface area contributed by atoms with Gasteiger partial charge in [-0.25, -0.2) is 9.97 Å². The summed E-state index contributed by atoms with van der Waals surface area (Å²) in [5.41, 5.74) is 4.96. The van der Waals surface area contributed by atoms with Crippen molar-refractivity contribution in [2.45, 2.75) is 6.92 Å². The normalized spacial score (nSPS) is 10.4. The number of hydrogen-bond acceptors (Lipinski definition) is 6. The van der Waals surface area contributed by atoms with Crippen LogP contribution in [0.4, 0.5) is 17.2 Å². The van der Waals surface area contributed by atoms with Crippen LogP contribution in [0.2, 0.25) is 0 Å². The summed E-state index contributed by atoms with van der Waals surface area (Å²) in [4.78, 5) is 21.3. The molecule has 0 bridgehead atoms. The lowest BCUT2D eigenvalue weighted by Crippen LogP contribution is -2.12. The van der Waals surface area contributed by atoms with Gasteiger partial charge in [0.25, 0.3) is 5.91 Å². The first-order valence-electron chi connectivity index (χ1n) is 10.3. The maximum Gasteiger partial charge on any atom is 0.255 e. The monoisotopic (exact) mass is 440 g/mol. The Labute approximate surface area is 192 Å². The average molecular weight is 441 g/mol. The molecule has 7 nitrogen and oxygen atoms in total. The van der Waals surface area contributed by atoms with E-state index < -0.39 is 0 Å². The van der Waals surface area contributed by atoms with Crippen LogP contribution < -0.4 is 20.1 Å². The van der Waals surface area contributed by atoms with E-state index in [-0.39, 0.29) is 5.91 Å². The van der Waals surface area contributed by atoms with Crippen molar-refractivity contribution < 1.29 is 14.3 Å². The third-order valence-corrected chi connectivity index (χ3v) is 5.04. The van der Waals surface area contributed by atoms with Gasteiger partial charge in [0.2, 0.25) is 0 Å². The highest BCUT2D eigenvalue weighted by Gasteiger charge is 2.09. The molecule has 166 valence electrons. The molecule has 0 radical (unpaired) electrons. The van der Waals surface area contributed by atoms with Gasteiger partial charge in [-0.3, -0.25) is 4.79 Å². The van der Waals surface area contributed by atoms with Crippen LogP contribution in [0.25, 0.3) is 11.3 Å². The zero-order chi connectivity index (χ0) is 23.2. The number of methoxy groups -OCH3 is 2. The molecule has 0 aliphatic rings. The van der Waals surface area contributed by atoms with Gasteiger partial charge < -0.3 is 20.1 Å². The van der Waals surface area contributed by atoms with Crippen LogP contribution in [-0.2, 0) is 0 Å². The van der Waals surface area contributed by atoms with Crippen LogP contribution in [0.5, 0.6) is 11.5 Å². The molecule has 0 unspecified atom stereocenters. The maximum absolute atomic E-state index is 12.7. The molecule has 2 N–H and O–H groups in total. The van der Waals surface area contributed by atoms with E-state index in [2.05, 4.69) is 32.7 Å². The molecule has 0 atom stereocenters. The van der Waals surface area contributed by atoms with Crippen molar-refractivity contribution in [3.05, 3.63) is 90.3 Å². The summed E-state index contributed by atoms with van der Waals surface area (Å²) in [5, 5.41) is 6.12. The Morgan fingerprint density at radius 1 is 0.788 bits per heavy atom. The van der Waals surface area contributed by atoms with Crippen LogP contribution >= 0.6 is 0 Å². The van der Waals surface area contributed by atoms with Crippen molar-refractivity contribution in [3.8, 4) is 22.8 Å². The first kappa shape index (κ1) is 21.8. The second-order valence-electron chi connectivity index (χ2n) is 7.41. The number of aromatic nitrogens is 2. The Morgan fingerprint density at radius 2 is 1.45 bits per heavy atom. The number of hydrogen-bond donors (Lipinski definition) is 2. The smallest absolute Gasteiger partial charge is 0.255 e. The zero-order valence-corrected chi connectivity index (χ0v) is 18.6. The summed E-state index contributed by atoms with van der Waals surface area (Å²) in [5.74, 6) is 1.62. The van der Waals surface area contributed by atoms with Crippen LogP contribution in [0.1, 0.15) is 15.9 Å². The summed E-state index contributed by atoms with van der Waals surface area (Å²) < 4.78 is 10.5. The van der Waals surface area contributed by atoms with Gasteiger partial charge in [0.05, 0.1) is 19.9 Å². The number of carbonyl (C=O) groups excluding carboxylic acids is 1. The Morgan fingerprint density at radius 3 is 2.09 bits per heavy atom. The molecule has 3 aromatic carbocycles. The minimum Gasteiger partial charge on any atom is -0.497 e. The largest absolute Gasteiger partial charge is 0.497 e. The van der Waals surface area contributed by atoms with E-state index in [1.807, 2.05) is 37.3 Å². The van der Waals surface area contributed by atoms with Crippen LogP contribution in [0.15, 0.2) is 79.1 Å². The fourth-order valence-corrected chi connectivity index (χ4v) is 3.24. The minimum absolute atomic E-state index is 0.236. The number of nitrogens with one attached hydrogen (secondary N) is 2. The second-order valence-corrected chi connectivity index (χ2v) is 7.41. The van der Waals surface area contributed by atoms with Crippen LogP contribution in [0, 0.1) is 6.92 Å². The van der Waals surface area contributed by atoms with E-state index in [4.69, 9.17) is 9.47 Å². The van der Waals surface area contributed by atoms with Gasteiger partial charge in [0.1, 0.15) is 23.6 Å². The third kappa shape index (κ3) is 5.46. The summed E-state index contributed by atoms with van der Waals surface area (Å²) in [6.07, 6.45) is 1.53. The van der Waals surface area contributed by atoms with Gasteiger partial charge >= 0.3 is 0 Å². The second kappa shape index (κ2) is 9.82. The highest BCUT2D eigenvalue weighted by molar-refractivity contribution is 6.04. The quantitative estimate of drug-likeness (QED) is 0.397. The lowest BCUT2D eigenvalue weighted by molar-refractivity contribution is 0.102. The minimum atomic E-state index is -0.236. The topological polar surface area (TPSA) is 85.4 Å². The van der Waals surface area contributed by atoms with Crippen LogP contribution in [0.3, 0.4) is 0 Å². The fourth-order valence-electron chi connectivity index (χ4n) is 3.24. The van der Waals surface area contributed by atoms with Crippen molar-refractivity contribution in [1.82, 2.24) is 9.97 Å². The molecule has 4 aromatic rings. The number of benzene rings is 3. The van der Waals surface area contributed by atoms with Gasteiger partial charge in [-0.05, 0) is 31.2 Å². The van der Waals surface area contributed by atoms with Crippen molar-refractivity contribution in [2.24, 2.45) is 0 Å². The number of nitrogens with zero attached hydrogens (tertiary/aromatic N) is 2. The van der Waals surface area contributed by atoms with Gasteiger partial charge in [0.15, 0.2) is 0 Å². The number of rotatable bonds is 7. The molecule has 0 aliphatic heterocycles. The number of anilines is 3. The molecule has 1 heterocycles. The molecule has 1 aromatic heterocycles. The SMILES string of the molecule is COc1cc(NC(=O)c2ccc(Nc3cc(-c4ccc(C)cc4)ncn3)cc2)cc(OC)c1. The molecule has 1 amide bonds. The summed E-state index contributed by atoms with van der Waals surface area (Å²) in [7, 11) is 3.13. The number of carbonyl (C=O) groups is 1. The standard InChI is InChI=1S/C26H24N4O3/c1-17-4-6-18(7-5-17)24-15-25(28-16-27-24)29-20-10-8-19(9-11-20)26(31)30-21-12-22(32-2)14-23(13-21)33-3/h4-16H,1-3H3,(H,30,31)(H,27,28,29). The molecule has 0 aliphatic carbocycles. The van der Waals surface area contributed by atoms with E-state index in [9.17, 15) is 4.79 Å². The Balaban J connectivity index is 1.45. The first-order chi connectivity index (χ1) is 16.0. The predicted octanol–water partition coefficient (Wildman–Crippen LogP) is 5.47. The van der Waals surface area contributed by atoms with Crippen molar-refractivity contribution in [2.75, 3.05) is 24.9 Å². The molecule has 0 saturated heterocycles. The fraction of sp³-hybridized carbons (Fsp3) is 0.115. The first-order valence-corrected chi connectivity index (χ1v) is 10.3. The lowest BCUT2D eigenvalue weighted by atomic mass is 10.1. The zero-order valence-electron chi connectivity index (χ0n) is 18.6. The van der Waals surface area contributed by atoms with Gasteiger partial charge in [-0.15, -0.1) is 0 Å². The maximum atomic E-state index is 12.7. The Bertz CT molecular complexity index is 1230. The lowest BCUT2D eigenvalue weighted by Gasteiger charge is -2.11. The molecule has 33 heavy (non-hydrogen) atoms. The van der Waals surface area contributed by atoms with Crippen molar-refractivity contribution in [3.63, 3.8) is 0 Å². The van der Waals surface area contributed by atoms with Gasteiger partial charge in [0, 0.05) is 46.8 Å². The molecular weight excluding hydrogens is 416 g/mol. The van der Waals surface area contributed by atoms with E-state index in [1.54, 1.807) is 44.6 Å². The van der Waals surface area contributed by atoms with E-state index >= 15 is 0 Å². The highest BCUT2D eigenvalue weighted by atomic mass is 16.5. The number of amides is 1. The molecular formula is C26H24N4O3. The number of aryl methyl sites for hydroxylation is 1. The third-order valence-electron chi connectivity index (χ3n) is 5.04. The van der Waals surface area contributed by atoms with E-state index in [1.165, 1.54) is 11.9 Å². The predicted molar refractivity (Wildman–Crippen MR) is 129 cm³/mol. The summed E-state index contributed by atoms with van der Waals surface area (Å²) >= 11 is 0. The Kier molecular flexibility index (Phi) is 6.50. The van der Waals surface area contributed by atoms with Crippen LogP contribution in [-0.4, -0.2) is 30.1 Å². The molecule has 0 fully saturated rings. The molecule has 0 saturated carbocycles. The summed E-state index contributed by atoms with van der Waals surface area (Å²) in [6.45, 7) is 2.05. The van der Waals surface area contributed by atoms with E-state index in [0.717, 1.165) is 16.9 Å². The molecule has 4 rings (SSSR count). The average Bonchev–Trinajstić information content (AvgIpc) is 2.84. The van der Waals surface area contributed by atoms with Crippen molar-refractivity contribution in [1.29, 1.82) is 0 Å². The Hall–Kier alpha value is -4.39. The highest BCUT2D eigenvalue weighted by Crippen LogP contribution is 2.26. The van der Waals surface area contributed by atoms with Gasteiger partial charge in [-0.2, -0.15) is 0 Å². The molecule has 7 heteroatoms. The van der Waals surface area contributed by atoms with Gasteiger partial charge in [-0.1, -0.05) is 29.8 Å².